The summed E-state index contributed by atoms with van der Waals surface area (Å²) in [5, 5.41) is 19.0. The molecule has 1 unspecified atom stereocenters. The Hall–Kier alpha value is -2.83. The van der Waals surface area contributed by atoms with Gasteiger partial charge in [0.25, 0.3) is 0 Å². The second kappa shape index (κ2) is 8.50. The second-order valence-corrected chi connectivity index (χ2v) is 8.88. The summed E-state index contributed by atoms with van der Waals surface area (Å²) in [6.07, 6.45) is 3.83. The van der Waals surface area contributed by atoms with Crippen molar-refractivity contribution >= 4 is 34.0 Å². The van der Waals surface area contributed by atoms with Crippen LogP contribution in [0.25, 0.3) is 0 Å². The molecule has 7 nitrogen and oxygen atoms in total. The fourth-order valence-electron chi connectivity index (χ4n) is 3.94. The van der Waals surface area contributed by atoms with Crippen LogP contribution < -0.4 is 15.4 Å². The number of hydrogen-bond acceptors (Lipinski definition) is 9. The molecule has 0 spiro atoms. The number of carbonyl (C=O) groups excluding carboxylic acids is 1. The minimum absolute atomic E-state index is 0.0509. The zero-order valence-electron chi connectivity index (χ0n) is 16.7. The number of anilines is 1. The van der Waals surface area contributed by atoms with Gasteiger partial charge in [0, 0.05) is 17.7 Å². The summed E-state index contributed by atoms with van der Waals surface area (Å²) in [5.41, 5.74) is 9.18. The number of carbonyl (C=O) groups is 1. The molecule has 0 saturated carbocycles. The number of nitrogens with two attached hydrogens (primary N) is 1. The molecule has 1 aliphatic carbocycles. The molecule has 0 bridgehead atoms. The molecule has 4 rings (SSSR count). The van der Waals surface area contributed by atoms with Crippen LogP contribution in [0.5, 0.6) is 5.75 Å². The van der Waals surface area contributed by atoms with Gasteiger partial charge in [-0.2, -0.15) is 5.26 Å². The van der Waals surface area contributed by atoms with Crippen molar-refractivity contribution in [1.82, 2.24) is 10.2 Å². The number of ketones is 1. The van der Waals surface area contributed by atoms with Gasteiger partial charge in [0.2, 0.25) is 5.13 Å². The molecule has 0 amide bonds. The van der Waals surface area contributed by atoms with E-state index >= 15 is 0 Å². The van der Waals surface area contributed by atoms with Crippen LogP contribution in [0.2, 0.25) is 0 Å². The zero-order valence-corrected chi connectivity index (χ0v) is 18.3. The molecule has 30 heavy (non-hydrogen) atoms. The number of nitriles is 1. The number of nitrogens with zero attached hydrogens (tertiary/aromatic N) is 4. The van der Waals surface area contributed by atoms with E-state index in [0.29, 0.717) is 41.5 Å². The highest BCUT2D eigenvalue weighted by Gasteiger charge is 2.41. The van der Waals surface area contributed by atoms with Crippen molar-refractivity contribution in [2.24, 2.45) is 5.73 Å². The van der Waals surface area contributed by atoms with Gasteiger partial charge in [0.05, 0.1) is 24.2 Å². The first-order valence-electron chi connectivity index (χ1n) is 9.65. The van der Waals surface area contributed by atoms with Crippen LogP contribution in [0.4, 0.5) is 5.13 Å². The Bertz CT molecular complexity index is 1080. The first-order valence-corrected chi connectivity index (χ1v) is 11.7. The van der Waals surface area contributed by atoms with Crippen LogP contribution >= 0.6 is 23.1 Å². The van der Waals surface area contributed by atoms with Gasteiger partial charge in [-0.25, -0.2) is 0 Å². The standard InChI is InChI=1S/C21H21N5O2S2/c1-3-28-13-9-7-12(8-10-13)17-14(11-22)19(23)26(20-24-25-21(29-2)30-20)15-5-4-6-16(27)18(15)17/h7-10,17H,3-6,23H2,1-2H3. The van der Waals surface area contributed by atoms with E-state index in [4.69, 9.17) is 10.5 Å². The van der Waals surface area contributed by atoms with Crippen molar-refractivity contribution in [1.29, 1.82) is 5.26 Å². The number of Topliss-reactive ketones (excluding diaryl/α,β-unsaturated/α-hetero) is 1. The van der Waals surface area contributed by atoms with Gasteiger partial charge < -0.3 is 10.5 Å². The third kappa shape index (κ3) is 3.46. The Balaban J connectivity index is 1.87. The van der Waals surface area contributed by atoms with E-state index in [1.807, 2.05) is 37.4 Å². The molecule has 2 heterocycles. The van der Waals surface area contributed by atoms with E-state index in [-0.39, 0.29) is 5.78 Å². The highest BCUT2D eigenvalue weighted by molar-refractivity contribution is 8.00. The maximum absolute atomic E-state index is 13.1. The molecule has 154 valence electrons. The Kier molecular flexibility index (Phi) is 5.79. The Morgan fingerprint density at radius 2 is 2.10 bits per heavy atom. The van der Waals surface area contributed by atoms with Gasteiger partial charge in [-0.15, -0.1) is 10.2 Å². The van der Waals surface area contributed by atoms with Gasteiger partial charge >= 0.3 is 0 Å². The molecule has 0 fully saturated rings. The van der Waals surface area contributed by atoms with Crippen molar-refractivity contribution in [3.63, 3.8) is 0 Å². The molecular formula is C21H21N5O2S2. The lowest BCUT2D eigenvalue weighted by atomic mass is 9.76. The van der Waals surface area contributed by atoms with Gasteiger partial charge in [0.15, 0.2) is 10.1 Å². The summed E-state index contributed by atoms with van der Waals surface area (Å²) in [6.45, 7) is 2.50. The topological polar surface area (TPSA) is 105 Å². The predicted molar refractivity (Wildman–Crippen MR) is 117 cm³/mol. The van der Waals surface area contributed by atoms with E-state index in [0.717, 1.165) is 27.8 Å². The average molecular weight is 440 g/mol. The largest absolute Gasteiger partial charge is 0.494 e. The third-order valence-electron chi connectivity index (χ3n) is 5.20. The summed E-state index contributed by atoms with van der Waals surface area (Å²) in [4.78, 5) is 14.8. The lowest BCUT2D eigenvalue weighted by molar-refractivity contribution is -0.116. The summed E-state index contributed by atoms with van der Waals surface area (Å²) in [7, 11) is 0. The molecule has 9 heteroatoms. The van der Waals surface area contributed by atoms with Crippen LogP contribution in [0.1, 0.15) is 37.7 Å². The van der Waals surface area contributed by atoms with Gasteiger partial charge in [-0.1, -0.05) is 35.2 Å². The Morgan fingerprint density at radius 1 is 1.33 bits per heavy atom. The maximum Gasteiger partial charge on any atom is 0.219 e. The van der Waals surface area contributed by atoms with E-state index < -0.39 is 5.92 Å². The highest BCUT2D eigenvalue weighted by atomic mass is 32.2. The molecule has 1 aromatic carbocycles. The number of allylic oxidation sites excluding steroid dienone is 3. The minimum atomic E-state index is -0.488. The maximum atomic E-state index is 13.1. The van der Waals surface area contributed by atoms with Crippen LogP contribution in [-0.4, -0.2) is 28.8 Å². The average Bonchev–Trinajstić information content (AvgIpc) is 3.23. The van der Waals surface area contributed by atoms with Crippen molar-refractivity contribution < 1.29 is 9.53 Å². The number of thioether (sulfide) groups is 1. The van der Waals surface area contributed by atoms with Crippen molar-refractivity contribution in [3.05, 3.63) is 52.5 Å². The minimum Gasteiger partial charge on any atom is -0.494 e. The van der Waals surface area contributed by atoms with Crippen molar-refractivity contribution in [2.45, 2.75) is 36.4 Å². The van der Waals surface area contributed by atoms with Crippen molar-refractivity contribution in [3.8, 4) is 11.8 Å². The van der Waals surface area contributed by atoms with Crippen LogP contribution in [0, 0.1) is 11.3 Å². The van der Waals surface area contributed by atoms with E-state index in [2.05, 4.69) is 16.3 Å². The summed E-state index contributed by atoms with van der Waals surface area (Å²) >= 11 is 2.89. The normalized spacial score (nSPS) is 19.0. The Labute approximate surface area is 183 Å². The van der Waals surface area contributed by atoms with E-state index in [1.165, 1.54) is 23.1 Å². The van der Waals surface area contributed by atoms with Gasteiger partial charge in [-0.05, 0) is 43.7 Å². The highest BCUT2D eigenvalue weighted by Crippen LogP contribution is 2.47. The molecule has 0 radical (unpaired) electrons. The lowest BCUT2D eigenvalue weighted by Crippen LogP contribution is -2.38. The number of rotatable bonds is 5. The second-order valence-electron chi connectivity index (χ2n) is 6.87. The molecule has 1 atom stereocenters. The van der Waals surface area contributed by atoms with Crippen LogP contribution in [0.15, 0.2) is 51.3 Å². The first-order chi connectivity index (χ1) is 14.6. The monoisotopic (exact) mass is 439 g/mol. The fourth-order valence-corrected chi connectivity index (χ4v) is 5.24. The quantitative estimate of drug-likeness (QED) is 0.698. The molecule has 2 N–H and O–H groups in total. The molecule has 1 aromatic heterocycles. The van der Waals surface area contributed by atoms with Gasteiger partial charge in [0.1, 0.15) is 11.6 Å². The fraction of sp³-hybridized carbons (Fsp3) is 0.333. The molecule has 1 aliphatic heterocycles. The number of ether oxygens (including phenoxy) is 1. The number of hydrogen-bond donors (Lipinski definition) is 1. The van der Waals surface area contributed by atoms with Crippen LogP contribution in [-0.2, 0) is 4.79 Å². The summed E-state index contributed by atoms with van der Waals surface area (Å²) in [6, 6.07) is 9.79. The number of aromatic nitrogens is 2. The number of benzene rings is 1. The smallest absolute Gasteiger partial charge is 0.219 e. The molecule has 0 saturated heterocycles. The third-order valence-corrected chi connectivity index (χ3v) is 7.08. The SMILES string of the molecule is CCOc1ccc(C2C(C#N)=C(N)N(c3nnc(SC)s3)C3=C2C(=O)CCC3)cc1. The van der Waals surface area contributed by atoms with Gasteiger partial charge in [-0.3, -0.25) is 9.69 Å². The Morgan fingerprint density at radius 3 is 2.73 bits per heavy atom. The summed E-state index contributed by atoms with van der Waals surface area (Å²) in [5.74, 6) is 0.623. The van der Waals surface area contributed by atoms with Crippen LogP contribution in [0.3, 0.4) is 0 Å². The van der Waals surface area contributed by atoms with Crippen molar-refractivity contribution in [2.75, 3.05) is 17.8 Å². The summed E-state index contributed by atoms with van der Waals surface area (Å²) < 4.78 is 6.33. The first kappa shape index (κ1) is 20.4. The lowest BCUT2D eigenvalue weighted by Gasteiger charge is -2.38. The predicted octanol–water partition coefficient (Wildman–Crippen LogP) is 3.96. The zero-order chi connectivity index (χ0) is 21.3. The molecular weight excluding hydrogens is 418 g/mol. The molecule has 2 aliphatic rings. The van der Waals surface area contributed by atoms with E-state index in [9.17, 15) is 10.1 Å². The van der Waals surface area contributed by atoms with E-state index in [1.54, 1.807) is 4.90 Å². The molecule has 2 aromatic rings.